The zero-order valence-electron chi connectivity index (χ0n) is 13.8. The highest BCUT2D eigenvalue weighted by Crippen LogP contribution is 2.16. The molecule has 0 bridgehead atoms. The number of carbonyl (C=O) groups excluding carboxylic acids is 2. The van der Waals surface area contributed by atoms with Gasteiger partial charge >= 0.3 is 5.97 Å². The maximum absolute atomic E-state index is 11.6. The molecule has 0 spiro atoms. The van der Waals surface area contributed by atoms with Crippen molar-refractivity contribution in [1.29, 1.82) is 0 Å². The Morgan fingerprint density at radius 3 is 2.41 bits per heavy atom. The van der Waals surface area contributed by atoms with Gasteiger partial charge in [0, 0.05) is 0 Å². The summed E-state index contributed by atoms with van der Waals surface area (Å²) in [6, 6.07) is 5.71. The molecule has 0 aliphatic carbocycles. The van der Waals surface area contributed by atoms with Gasteiger partial charge in [0.25, 0.3) is 5.91 Å². The van der Waals surface area contributed by atoms with Crippen LogP contribution in [0.5, 0.6) is 5.75 Å². The van der Waals surface area contributed by atoms with Crippen molar-refractivity contribution in [3.05, 3.63) is 29.3 Å². The van der Waals surface area contributed by atoms with Crippen LogP contribution in [-0.2, 0) is 14.4 Å². The Morgan fingerprint density at radius 1 is 1.18 bits per heavy atom. The first kappa shape index (κ1) is 18.0. The Labute approximate surface area is 131 Å². The molecule has 1 atom stereocenters. The third-order valence-corrected chi connectivity index (χ3v) is 3.22. The molecule has 1 aromatic carbocycles. The van der Waals surface area contributed by atoms with Crippen LogP contribution >= 0.6 is 0 Å². The molecular formula is C17H25NO4. The van der Waals surface area contributed by atoms with Gasteiger partial charge in [0.2, 0.25) is 0 Å². The molecule has 1 amide bonds. The van der Waals surface area contributed by atoms with Gasteiger partial charge in [0.1, 0.15) is 5.75 Å². The van der Waals surface area contributed by atoms with Crippen molar-refractivity contribution >= 4 is 11.9 Å². The third kappa shape index (κ3) is 6.61. The van der Waals surface area contributed by atoms with Gasteiger partial charge in [-0.05, 0) is 43.5 Å². The average molecular weight is 307 g/mol. The summed E-state index contributed by atoms with van der Waals surface area (Å²) in [7, 11) is 0. The van der Waals surface area contributed by atoms with Crippen LogP contribution in [0.2, 0.25) is 0 Å². The Balaban J connectivity index is 2.33. The number of rotatable bonds is 7. The number of hydrogen-bond acceptors (Lipinski definition) is 4. The minimum atomic E-state index is -0.491. The monoisotopic (exact) mass is 307 g/mol. The number of carbonyl (C=O) groups is 2. The summed E-state index contributed by atoms with van der Waals surface area (Å²) in [4.78, 5) is 28.0. The second kappa shape index (κ2) is 9.07. The molecule has 0 saturated heterocycles. The molecule has 1 rings (SSSR count). The maximum atomic E-state index is 11.6. The van der Waals surface area contributed by atoms with Crippen LogP contribution in [0.3, 0.4) is 0 Å². The Hall–Kier alpha value is -2.04. The summed E-state index contributed by atoms with van der Waals surface area (Å²) >= 11 is 0. The number of ether oxygens (including phenoxy) is 1. The zero-order valence-corrected chi connectivity index (χ0v) is 13.8. The predicted octanol–water partition coefficient (Wildman–Crippen LogP) is 3.08. The van der Waals surface area contributed by atoms with Gasteiger partial charge in [0.15, 0.2) is 6.61 Å². The second-order valence-corrected chi connectivity index (χ2v) is 5.60. The summed E-state index contributed by atoms with van der Waals surface area (Å²) in [6.07, 6.45) is 2.73. The van der Waals surface area contributed by atoms with Crippen molar-refractivity contribution in [2.45, 2.75) is 47.0 Å². The van der Waals surface area contributed by atoms with E-state index in [9.17, 15) is 9.59 Å². The highest BCUT2D eigenvalue weighted by molar-refractivity contribution is 5.79. The van der Waals surface area contributed by atoms with Crippen LogP contribution < -0.4 is 10.2 Å². The fourth-order valence-electron chi connectivity index (χ4n) is 2.03. The third-order valence-electron chi connectivity index (χ3n) is 3.22. The van der Waals surface area contributed by atoms with Crippen molar-refractivity contribution in [1.82, 2.24) is 5.48 Å². The molecular weight excluding hydrogens is 282 g/mol. The van der Waals surface area contributed by atoms with Crippen molar-refractivity contribution in [2.75, 3.05) is 6.61 Å². The fraction of sp³-hybridized carbons (Fsp3) is 0.529. The smallest absolute Gasteiger partial charge is 0.335 e. The van der Waals surface area contributed by atoms with E-state index in [1.165, 1.54) is 0 Å². The molecule has 0 heterocycles. The van der Waals surface area contributed by atoms with Crippen LogP contribution in [0.4, 0.5) is 0 Å². The summed E-state index contributed by atoms with van der Waals surface area (Å²) in [5.74, 6) is -0.515. The normalized spacial score (nSPS) is 11.6. The largest absolute Gasteiger partial charge is 0.484 e. The van der Waals surface area contributed by atoms with Crippen LogP contribution in [0.1, 0.15) is 44.2 Å². The van der Waals surface area contributed by atoms with E-state index in [4.69, 9.17) is 9.57 Å². The lowest BCUT2D eigenvalue weighted by Crippen LogP contribution is -2.33. The molecule has 0 fully saturated rings. The van der Waals surface area contributed by atoms with Crippen LogP contribution in [0, 0.1) is 19.8 Å². The van der Waals surface area contributed by atoms with E-state index in [1.54, 1.807) is 6.92 Å². The van der Waals surface area contributed by atoms with E-state index in [2.05, 4.69) is 12.4 Å². The summed E-state index contributed by atoms with van der Waals surface area (Å²) in [5.41, 5.74) is 4.25. The number of benzene rings is 1. The molecule has 0 aliphatic heterocycles. The topological polar surface area (TPSA) is 64.6 Å². The Kier molecular flexibility index (Phi) is 7.43. The highest BCUT2D eigenvalue weighted by atomic mass is 16.7. The molecule has 0 radical (unpaired) electrons. The molecule has 0 aliphatic rings. The molecule has 5 nitrogen and oxygen atoms in total. The van der Waals surface area contributed by atoms with Crippen LogP contribution in [-0.4, -0.2) is 18.5 Å². The standard InChI is InChI=1S/C17H25NO4/c1-5-6-7-14(4)17(20)22-18-16(19)11-21-15-9-12(2)8-13(3)10-15/h8-10,14H,5-7,11H2,1-4H3,(H,18,19). The Morgan fingerprint density at radius 2 is 1.82 bits per heavy atom. The van der Waals surface area contributed by atoms with Gasteiger partial charge in [-0.3, -0.25) is 4.79 Å². The molecule has 0 aromatic heterocycles. The van der Waals surface area contributed by atoms with Crippen molar-refractivity contribution < 1.29 is 19.2 Å². The van der Waals surface area contributed by atoms with Crippen LogP contribution in [0.25, 0.3) is 0 Å². The molecule has 0 saturated carbocycles. The first-order valence-corrected chi connectivity index (χ1v) is 7.63. The van der Waals surface area contributed by atoms with E-state index < -0.39 is 11.9 Å². The van der Waals surface area contributed by atoms with Crippen molar-refractivity contribution in [3.8, 4) is 5.75 Å². The summed E-state index contributed by atoms with van der Waals surface area (Å²) < 4.78 is 5.38. The quantitative estimate of drug-likeness (QED) is 0.786. The van der Waals surface area contributed by atoms with Gasteiger partial charge < -0.3 is 9.57 Å². The van der Waals surface area contributed by atoms with Crippen molar-refractivity contribution in [3.63, 3.8) is 0 Å². The SMILES string of the molecule is CCCCC(C)C(=O)ONC(=O)COc1cc(C)cc(C)c1. The van der Waals surface area contributed by atoms with Gasteiger partial charge in [-0.1, -0.05) is 32.8 Å². The summed E-state index contributed by atoms with van der Waals surface area (Å²) in [6.45, 7) is 7.57. The molecule has 122 valence electrons. The lowest BCUT2D eigenvalue weighted by atomic mass is 10.1. The second-order valence-electron chi connectivity index (χ2n) is 5.60. The minimum absolute atomic E-state index is 0.195. The minimum Gasteiger partial charge on any atom is -0.484 e. The highest BCUT2D eigenvalue weighted by Gasteiger charge is 2.15. The number of nitrogens with one attached hydrogen (secondary N) is 1. The molecule has 22 heavy (non-hydrogen) atoms. The molecule has 1 unspecified atom stereocenters. The molecule has 1 N–H and O–H groups in total. The Bertz CT molecular complexity index is 493. The average Bonchev–Trinajstić information content (AvgIpc) is 2.47. The van der Waals surface area contributed by atoms with Crippen LogP contribution in [0.15, 0.2) is 18.2 Å². The first-order chi connectivity index (χ1) is 10.4. The van der Waals surface area contributed by atoms with Gasteiger partial charge in [0.05, 0.1) is 5.92 Å². The van der Waals surface area contributed by atoms with E-state index in [-0.39, 0.29) is 12.5 Å². The predicted molar refractivity (Wildman–Crippen MR) is 84.3 cm³/mol. The van der Waals surface area contributed by atoms with E-state index in [0.29, 0.717) is 5.75 Å². The lowest BCUT2D eigenvalue weighted by Gasteiger charge is -2.11. The van der Waals surface area contributed by atoms with E-state index in [1.807, 2.05) is 32.0 Å². The van der Waals surface area contributed by atoms with Crippen molar-refractivity contribution in [2.24, 2.45) is 5.92 Å². The summed E-state index contributed by atoms with van der Waals surface area (Å²) in [5, 5.41) is 0. The number of unbranched alkanes of at least 4 members (excludes halogenated alkanes) is 1. The van der Waals surface area contributed by atoms with Gasteiger partial charge in [-0.25, -0.2) is 4.79 Å². The molecule has 1 aromatic rings. The molecule has 5 heteroatoms. The first-order valence-electron chi connectivity index (χ1n) is 7.63. The maximum Gasteiger partial charge on any atom is 0.335 e. The lowest BCUT2D eigenvalue weighted by molar-refractivity contribution is -0.162. The number of amides is 1. The number of aryl methyl sites for hydroxylation is 2. The van der Waals surface area contributed by atoms with Gasteiger partial charge in [-0.15, -0.1) is 0 Å². The zero-order chi connectivity index (χ0) is 16.5. The number of hydrogen-bond donors (Lipinski definition) is 1. The van der Waals surface area contributed by atoms with Gasteiger partial charge in [-0.2, -0.15) is 5.48 Å². The van der Waals surface area contributed by atoms with E-state index >= 15 is 0 Å². The fourth-order valence-corrected chi connectivity index (χ4v) is 2.03. The van der Waals surface area contributed by atoms with E-state index in [0.717, 1.165) is 30.4 Å². The number of hydroxylamine groups is 1.